The molecule has 0 saturated carbocycles. The molecular weight excluding hydrogens is 138 g/mol. The van der Waals surface area contributed by atoms with Crippen molar-refractivity contribution < 1.29 is 4.74 Å². The van der Waals surface area contributed by atoms with E-state index in [1.807, 2.05) is 6.20 Å². The van der Waals surface area contributed by atoms with E-state index in [1.165, 1.54) is 5.57 Å². The van der Waals surface area contributed by atoms with Gasteiger partial charge in [-0.3, -0.25) is 0 Å². The summed E-state index contributed by atoms with van der Waals surface area (Å²) in [5, 5.41) is 3.31. The minimum atomic E-state index is 0.153. The molecule has 0 aliphatic carbocycles. The fourth-order valence-electron chi connectivity index (χ4n) is 1.47. The first-order valence-corrected chi connectivity index (χ1v) is 4.08. The van der Waals surface area contributed by atoms with Gasteiger partial charge in [-0.2, -0.15) is 0 Å². The molecule has 0 aromatic heterocycles. The highest BCUT2D eigenvalue weighted by Crippen LogP contribution is 2.24. The minimum absolute atomic E-state index is 0.153. The number of dihydropyridines is 1. The van der Waals surface area contributed by atoms with Crippen LogP contribution in [-0.2, 0) is 4.74 Å². The maximum absolute atomic E-state index is 5.17. The van der Waals surface area contributed by atoms with Crippen LogP contribution in [0.2, 0.25) is 0 Å². The molecule has 0 radical (unpaired) electrons. The Hall–Kier alpha value is -0.760. The van der Waals surface area contributed by atoms with Crippen LogP contribution in [-0.4, -0.2) is 18.8 Å². The molecule has 0 aromatic rings. The molecule has 1 spiro atoms. The van der Waals surface area contributed by atoms with Gasteiger partial charge in [-0.05, 0) is 24.3 Å². The zero-order valence-electron chi connectivity index (χ0n) is 6.76. The maximum Gasteiger partial charge on any atom is 0.103 e. The number of hydrogen-bond acceptors (Lipinski definition) is 2. The molecule has 0 aromatic carbocycles. The zero-order chi connectivity index (χ0) is 7.73. The Morgan fingerprint density at radius 3 is 3.00 bits per heavy atom. The van der Waals surface area contributed by atoms with Gasteiger partial charge in [0, 0.05) is 0 Å². The number of allylic oxidation sites excluding steroid dienone is 2. The van der Waals surface area contributed by atoms with E-state index >= 15 is 0 Å². The monoisotopic (exact) mass is 151 g/mol. The van der Waals surface area contributed by atoms with Crippen LogP contribution in [0.1, 0.15) is 13.3 Å². The Bertz CT molecular complexity index is 214. The second-order valence-corrected chi connectivity index (χ2v) is 3.20. The average Bonchev–Trinajstić information content (AvgIpc) is 2.02. The van der Waals surface area contributed by atoms with Crippen molar-refractivity contribution in [1.29, 1.82) is 0 Å². The third-order valence-electron chi connectivity index (χ3n) is 2.26. The summed E-state index contributed by atoms with van der Waals surface area (Å²) in [5.41, 5.74) is 1.56. The van der Waals surface area contributed by atoms with E-state index in [-0.39, 0.29) is 5.54 Å². The average molecular weight is 151 g/mol. The van der Waals surface area contributed by atoms with Crippen molar-refractivity contribution >= 4 is 0 Å². The van der Waals surface area contributed by atoms with Crippen molar-refractivity contribution in [2.75, 3.05) is 13.2 Å². The van der Waals surface area contributed by atoms with Crippen LogP contribution in [0.25, 0.3) is 0 Å². The van der Waals surface area contributed by atoms with Gasteiger partial charge < -0.3 is 10.1 Å². The van der Waals surface area contributed by atoms with Crippen LogP contribution < -0.4 is 5.32 Å². The molecule has 60 valence electrons. The third kappa shape index (κ3) is 1.07. The van der Waals surface area contributed by atoms with Gasteiger partial charge in [-0.15, -0.1) is 0 Å². The molecule has 2 aliphatic rings. The Labute approximate surface area is 66.9 Å². The van der Waals surface area contributed by atoms with Crippen molar-refractivity contribution in [3.63, 3.8) is 0 Å². The van der Waals surface area contributed by atoms with Crippen molar-refractivity contribution in [3.8, 4) is 0 Å². The van der Waals surface area contributed by atoms with Crippen molar-refractivity contribution in [3.05, 3.63) is 23.9 Å². The molecule has 2 nitrogen and oxygen atoms in total. The van der Waals surface area contributed by atoms with Crippen LogP contribution in [0.3, 0.4) is 0 Å². The van der Waals surface area contributed by atoms with E-state index < -0.39 is 0 Å². The Kier molecular flexibility index (Phi) is 1.50. The molecule has 2 heteroatoms. The van der Waals surface area contributed by atoms with Crippen molar-refractivity contribution in [2.45, 2.75) is 18.9 Å². The summed E-state index contributed by atoms with van der Waals surface area (Å²) in [4.78, 5) is 0. The Morgan fingerprint density at radius 1 is 1.64 bits per heavy atom. The molecule has 11 heavy (non-hydrogen) atoms. The van der Waals surface area contributed by atoms with Crippen LogP contribution in [0.5, 0.6) is 0 Å². The molecule has 0 atom stereocenters. The van der Waals surface area contributed by atoms with Crippen LogP contribution in [0.15, 0.2) is 23.9 Å². The molecular formula is C9H13NO. The molecule has 1 fully saturated rings. The number of rotatable bonds is 1. The predicted molar refractivity (Wildman–Crippen MR) is 44.2 cm³/mol. The van der Waals surface area contributed by atoms with Crippen molar-refractivity contribution in [2.24, 2.45) is 0 Å². The standard InChI is InChI=1S/C9H13NO/c1-2-8-3-4-10-9(5-8)6-11-7-9/h3-5,10H,2,6-7H2,1H3. The lowest BCUT2D eigenvalue weighted by Gasteiger charge is -2.41. The third-order valence-corrected chi connectivity index (χ3v) is 2.26. The number of nitrogens with one attached hydrogen (secondary N) is 1. The second-order valence-electron chi connectivity index (χ2n) is 3.20. The summed E-state index contributed by atoms with van der Waals surface area (Å²) in [6, 6.07) is 0. The fraction of sp³-hybridized carbons (Fsp3) is 0.556. The highest BCUT2D eigenvalue weighted by Gasteiger charge is 2.36. The molecule has 1 N–H and O–H groups in total. The van der Waals surface area contributed by atoms with E-state index in [4.69, 9.17) is 4.74 Å². The largest absolute Gasteiger partial charge is 0.378 e. The molecule has 2 heterocycles. The molecule has 0 unspecified atom stereocenters. The van der Waals surface area contributed by atoms with Gasteiger partial charge in [0.1, 0.15) is 5.54 Å². The lowest BCUT2D eigenvalue weighted by atomic mass is 9.91. The number of hydrogen-bond donors (Lipinski definition) is 1. The van der Waals surface area contributed by atoms with E-state index in [9.17, 15) is 0 Å². The first-order valence-electron chi connectivity index (χ1n) is 4.08. The summed E-state index contributed by atoms with van der Waals surface area (Å²) in [7, 11) is 0. The van der Waals surface area contributed by atoms with Gasteiger partial charge in [0.25, 0.3) is 0 Å². The molecule has 0 bridgehead atoms. The summed E-state index contributed by atoms with van der Waals surface area (Å²) in [6.45, 7) is 3.82. The van der Waals surface area contributed by atoms with Crippen LogP contribution in [0.4, 0.5) is 0 Å². The van der Waals surface area contributed by atoms with E-state index in [0.29, 0.717) is 0 Å². The quantitative estimate of drug-likeness (QED) is 0.608. The van der Waals surface area contributed by atoms with Gasteiger partial charge in [-0.1, -0.05) is 13.0 Å². The zero-order valence-corrected chi connectivity index (χ0v) is 6.76. The predicted octanol–water partition coefficient (Wildman–Crippen LogP) is 1.21. The Balaban J connectivity index is 2.15. The molecule has 0 amide bonds. The van der Waals surface area contributed by atoms with Gasteiger partial charge in [0.2, 0.25) is 0 Å². The lowest BCUT2D eigenvalue weighted by molar-refractivity contribution is -0.0423. The van der Waals surface area contributed by atoms with E-state index in [2.05, 4.69) is 24.4 Å². The summed E-state index contributed by atoms with van der Waals surface area (Å²) in [6.07, 6.45) is 7.56. The Morgan fingerprint density at radius 2 is 2.45 bits per heavy atom. The smallest absolute Gasteiger partial charge is 0.103 e. The van der Waals surface area contributed by atoms with Gasteiger partial charge in [0.15, 0.2) is 0 Å². The highest BCUT2D eigenvalue weighted by molar-refractivity contribution is 5.30. The molecule has 1 saturated heterocycles. The number of ether oxygens (including phenoxy) is 1. The minimum Gasteiger partial charge on any atom is -0.378 e. The normalized spacial score (nSPS) is 25.7. The van der Waals surface area contributed by atoms with Crippen LogP contribution >= 0.6 is 0 Å². The second kappa shape index (κ2) is 2.38. The van der Waals surface area contributed by atoms with Crippen LogP contribution in [0, 0.1) is 0 Å². The fourth-order valence-corrected chi connectivity index (χ4v) is 1.47. The van der Waals surface area contributed by atoms with Gasteiger partial charge in [-0.25, -0.2) is 0 Å². The van der Waals surface area contributed by atoms with E-state index in [1.54, 1.807) is 0 Å². The first-order chi connectivity index (χ1) is 5.35. The lowest BCUT2D eigenvalue weighted by Crippen LogP contribution is -2.58. The molecule has 2 aliphatic heterocycles. The van der Waals surface area contributed by atoms with Crippen molar-refractivity contribution in [1.82, 2.24) is 5.32 Å². The van der Waals surface area contributed by atoms with Gasteiger partial charge >= 0.3 is 0 Å². The van der Waals surface area contributed by atoms with E-state index in [0.717, 1.165) is 19.6 Å². The summed E-state index contributed by atoms with van der Waals surface area (Å²) in [5.74, 6) is 0. The van der Waals surface area contributed by atoms with Gasteiger partial charge in [0.05, 0.1) is 13.2 Å². The SMILES string of the molecule is CCC1=CC2(COC2)NC=C1. The molecule has 2 rings (SSSR count). The maximum atomic E-state index is 5.17. The summed E-state index contributed by atoms with van der Waals surface area (Å²) < 4.78 is 5.17. The highest BCUT2D eigenvalue weighted by atomic mass is 16.5. The first kappa shape index (κ1) is 6.92. The summed E-state index contributed by atoms with van der Waals surface area (Å²) >= 11 is 0. The topological polar surface area (TPSA) is 21.3 Å².